The third kappa shape index (κ3) is 5.31. The molecule has 0 aromatic heterocycles. The maximum absolute atomic E-state index is 5.80. The highest BCUT2D eigenvalue weighted by Crippen LogP contribution is 2.39. The van der Waals surface area contributed by atoms with Crippen molar-refractivity contribution in [2.75, 3.05) is 0 Å². The first-order valence-corrected chi connectivity index (χ1v) is 7.42. The monoisotopic (exact) mass is 330 g/mol. The lowest BCUT2D eigenvalue weighted by molar-refractivity contribution is 0.194. The second kappa shape index (κ2) is 7.04. The van der Waals surface area contributed by atoms with Crippen molar-refractivity contribution >= 4 is 15.9 Å². The first kappa shape index (κ1) is 16.2. The van der Waals surface area contributed by atoms with E-state index in [0.29, 0.717) is 5.75 Å². The normalized spacial score (nSPS) is 11.3. The molecule has 0 atom stereocenters. The highest BCUT2D eigenvalue weighted by molar-refractivity contribution is 9.10. The quantitative estimate of drug-likeness (QED) is 0.749. The Morgan fingerprint density at radius 1 is 0.684 bits per heavy atom. The maximum atomic E-state index is 5.80. The van der Waals surface area contributed by atoms with Crippen molar-refractivity contribution in [2.24, 2.45) is 0 Å². The molecule has 1 aromatic rings. The molecule has 19 heavy (non-hydrogen) atoms. The van der Waals surface area contributed by atoms with Crippen LogP contribution in [0.1, 0.15) is 41.5 Å². The van der Waals surface area contributed by atoms with Crippen LogP contribution >= 0.6 is 15.9 Å². The number of benzene rings is 1. The minimum Gasteiger partial charge on any atom is -0.490 e. The van der Waals surface area contributed by atoms with Crippen LogP contribution in [0.15, 0.2) is 16.6 Å². The summed E-state index contributed by atoms with van der Waals surface area (Å²) >= 11 is 3.51. The van der Waals surface area contributed by atoms with Crippen LogP contribution in [0.4, 0.5) is 0 Å². The fourth-order valence-corrected chi connectivity index (χ4v) is 1.97. The fraction of sp³-hybridized carbons (Fsp3) is 0.600. The van der Waals surface area contributed by atoms with Gasteiger partial charge in [0.2, 0.25) is 0 Å². The summed E-state index contributed by atoms with van der Waals surface area (Å²) in [4.78, 5) is 0. The number of ether oxygens (including phenoxy) is 3. The van der Waals surface area contributed by atoms with E-state index in [-0.39, 0.29) is 18.3 Å². The lowest BCUT2D eigenvalue weighted by Crippen LogP contribution is -2.12. The van der Waals surface area contributed by atoms with Gasteiger partial charge in [0, 0.05) is 12.1 Å². The molecule has 0 unspecified atom stereocenters. The molecule has 4 heteroatoms. The topological polar surface area (TPSA) is 27.7 Å². The van der Waals surface area contributed by atoms with Crippen LogP contribution < -0.4 is 14.2 Å². The van der Waals surface area contributed by atoms with Crippen molar-refractivity contribution < 1.29 is 14.2 Å². The van der Waals surface area contributed by atoms with Gasteiger partial charge in [-0.25, -0.2) is 0 Å². The Morgan fingerprint density at radius 3 is 1.47 bits per heavy atom. The Kier molecular flexibility index (Phi) is 5.98. The second-order valence-corrected chi connectivity index (χ2v) is 6.08. The molecule has 3 nitrogen and oxygen atoms in total. The molecule has 0 aliphatic heterocycles. The summed E-state index contributed by atoms with van der Waals surface area (Å²) in [5.41, 5.74) is 0. The predicted octanol–water partition coefficient (Wildman–Crippen LogP) is 4.81. The molecule has 0 radical (unpaired) electrons. The molecule has 108 valence electrons. The van der Waals surface area contributed by atoms with Crippen molar-refractivity contribution in [3.63, 3.8) is 0 Å². The van der Waals surface area contributed by atoms with Gasteiger partial charge in [0.05, 0.1) is 22.8 Å². The molecular weight excluding hydrogens is 308 g/mol. The van der Waals surface area contributed by atoms with Crippen molar-refractivity contribution in [1.29, 1.82) is 0 Å². The number of hydrogen-bond acceptors (Lipinski definition) is 3. The first-order valence-electron chi connectivity index (χ1n) is 6.63. The van der Waals surface area contributed by atoms with E-state index in [0.717, 1.165) is 16.0 Å². The molecule has 0 bridgehead atoms. The second-order valence-electron chi connectivity index (χ2n) is 5.23. The first-order chi connectivity index (χ1) is 8.79. The molecule has 1 rings (SSSR count). The van der Waals surface area contributed by atoms with Gasteiger partial charge in [-0.2, -0.15) is 0 Å². The summed E-state index contributed by atoms with van der Waals surface area (Å²) in [5.74, 6) is 2.20. The van der Waals surface area contributed by atoms with Crippen LogP contribution in [-0.2, 0) is 0 Å². The van der Waals surface area contributed by atoms with Gasteiger partial charge in [0.15, 0.2) is 11.5 Å². The highest BCUT2D eigenvalue weighted by atomic mass is 79.9. The Balaban J connectivity index is 3.12. The molecule has 0 fully saturated rings. The van der Waals surface area contributed by atoms with Crippen LogP contribution in [0.25, 0.3) is 0 Å². The van der Waals surface area contributed by atoms with E-state index in [1.54, 1.807) is 0 Å². The van der Waals surface area contributed by atoms with Crippen LogP contribution in [0.5, 0.6) is 17.2 Å². The highest BCUT2D eigenvalue weighted by Gasteiger charge is 2.15. The van der Waals surface area contributed by atoms with Gasteiger partial charge in [-0.05, 0) is 57.5 Å². The zero-order valence-electron chi connectivity index (χ0n) is 12.5. The van der Waals surface area contributed by atoms with Gasteiger partial charge in [-0.15, -0.1) is 0 Å². The average molecular weight is 331 g/mol. The van der Waals surface area contributed by atoms with Gasteiger partial charge in [0.1, 0.15) is 5.75 Å². The van der Waals surface area contributed by atoms with E-state index in [9.17, 15) is 0 Å². The average Bonchev–Trinajstić information content (AvgIpc) is 2.22. The molecule has 1 aromatic carbocycles. The van der Waals surface area contributed by atoms with Gasteiger partial charge >= 0.3 is 0 Å². The van der Waals surface area contributed by atoms with Gasteiger partial charge < -0.3 is 14.2 Å². The summed E-state index contributed by atoms with van der Waals surface area (Å²) in [5, 5.41) is 0. The van der Waals surface area contributed by atoms with Gasteiger partial charge in [0.25, 0.3) is 0 Å². The molecule has 0 heterocycles. The lowest BCUT2D eigenvalue weighted by Gasteiger charge is -2.20. The van der Waals surface area contributed by atoms with Crippen LogP contribution in [0.3, 0.4) is 0 Å². The van der Waals surface area contributed by atoms with Crippen LogP contribution in [0, 0.1) is 0 Å². The molecule has 0 amide bonds. The summed E-state index contributed by atoms with van der Waals surface area (Å²) in [6.07, 6.45) is 0.293. The van der Waals surface area contributed by atoms with E-state index in [1.165, 1.54) is 0 Å². The van der Waals surface area contributed by atoms with E-state index >= 15 is 0 Å². The lowest BCUT2D eigenvalue weighted by atomic mass is 10.2. The van der Waals surface area contributed by atoms with Crippen molar-refractivity contribution in [1.82, 2.24) is 0 Å². The summed E-state index contributed by atoms with van der Waals surface area (Å²) in [6, 6.07) is 3.78. The minimum absolute atomic E-state index is 0.0857. The van der Waals surface area contributed by atoms with Crippen LogP contribution in [0.2, 0.25) is 0 Å². The molecule has 0 N–H and O–H groups in total. The number of rotatable bonds is 6. The van der Waals surface area contributed by atoms with Gasteiger partial charge in [-0.3, -0.25) is 0 Å². The molecule has 0 saturated carbocycles. The summed E-state index contributed by atoms with van der Waals surface area (Å²) in [6.45, 7) is 12.0. The predicted molar refractivity (Wildman–Crippen MR) is 81.4 cm³/mol. The maximum Gasteiger partial charge on any atom is 0.165 e. The van der Waals surface area contributed by atoms with Crippen molar-refractivity contribution in [3.05, 3.63) is 16.6 Å². The fourth-order valence-electron chi connectivity index (χ4n) is 1.55. The number of halogens is 1. The van der Waals surface area contributed by atoms with E-state index in [2.05, 4.69) is 15.9 Å². The zero-order chi connectivity index (χ0) is 14.6. The largest absolute Gasteiger partial charge is 0.490 e. The van der Waals surface area contributed by atoms with E-state index < -0.39 is 0 Å². The van der Waals surface area contributed by atoms with Gasteiger partial charge in [-0.1, -0.05) is 0 Å². The van der Waals surface area contributed by atoms with Crippen LogP contribution in [-0.4, -0.2) is 18.3 Å². The molecule has 0 saturated heterocycles. The minimum atomic E-state index is 0.0857. The molecule has 0 aliphatic rings. The van der Waals surface area contributed by atoms with Crippen molar-refractivity contribution in [2.45, 2.75) is 59.9 Å². The van der Waals surface area contributed by atoms with E-state index in [4.69, 9.17) is 14.2 Å². The number of hydrogen-bond donors (Lipinski definition) is 0. The van der Waals surface area contributed by atoms with E-state index in [1.807, 2.05) is 53.7 Å². The molecule has 0 spiro atoms. The third-order valence-corrected chi connectivity index (χ3v) is 2.71. The third-order valence-electron chi connectivity index (χ3n) is 2.09. The van der Waals surface area contributed by atoms with Crippen molar-refractivity contribution in [3.8, 4) is 17.2 Å². The Morgan fingerprint density at radius 2 is 1.05 bits per heavy atom. The smallest absolute Gasteiger partial charge is 0.165 e. The SMILES string of the molecule is CC(C)Oc1cc(OC(C)C)c(OC(C)C)cc1Br. The molecule has 0 aliphatic carbocycles. The zero-order valence-corrected chi connectivity index (χ0v) is 14.1. The Labute approximate surface area is 124 Å². The standard InChI is InChI=1S/C15H23BrO3/c1-9(2)17-13-8-15(19-11(5)6)14(7-12(13)16)18-10(3)4/h7-11H,1-6H3. The Bertz CT molecular complexity index is 414. The summed E-state index contributed by atoms with van der Waals surface area (Å²) < 4.78 is 18.2. The summed E-state index contributed by atoms with van der Waals surface area (Å²) in [7, 11) is 0. The Hall–Kier alpha value is -0.900. The molecular formula is C15H23BrO3.